The van der Waals surface area contributed by atoms with Gasteiger partial charge in [0.1, 0.15) is 18.5 Å². The Morgan fingerprint density at radius 1 is 0.960 bits per heavy atom. The summed E-state index contributed by atoms with van der Waals surface area (Å²) in [6.07, 6.45) is 5.32. The Hall–Kier alpha value is -2.51. The van der Waals surface area contributed by atoms with Crippen LogP contribution < -0.4 is 0 Å². The van der Waals surface area contributed by atoms with E-state index in [9.17, 15) is 0 Å². The molecule has 0 spiro atoms. The summed E-state index contributed by atoms with van der Waals surface area (Å²) in [6.45, 7) is 7.20. The fraction of sp³-hybridized carbons (Fsp3) is 0.389. The number of nitrogens with one attached hydrogen (secondary N) is 1. The standard InChI is InChI=1S/C18H23N7/c1-2-4-16(5-3-1)18-20-12-17(22-18)13-24-8-6-23(7-9-24)10-11-25-15-19-14-21-25/h1-5,12,14-15H,6-11,13H2,(H,20,22). The molecule has 25 heavy (non-hydrogen) atoms. The predicted octanol–water partition coefficient (Wildman–Crippen LogP) is 1.49. The minimum atomic E-state index is 0.904. The number of rotatable bonds is 6. The van der Waals surface area contributed by atoms with Crippen LogP contribution in [0, 0.1) is 0 Å². The lowest BCUT2D eigenvalue weighted by molar-refractivity contribution is 0.122. The minimum absolute atomic E-state index is 0.904. The molecule has 0 aliphatic carbocycles. The maximum absolute atomic E-state index is 4.52. The number of aromatic amines is 1. The Bertz CT molecular complexity index is 758. The maximum atomic E-state index is 4.52. The molecule has 2 aromatic heterocycles. The van der Waals surface area contributed by atoms with Crippen molar-refractivity contribution in [2.75, 3.05) is 32.7 Å². The summed E-state index contributed by atoms with van der Waals surface area (Å²) >= 11 is 0. The second-order valence-electron chi connectivity index (χ2n) is 6.40. The van der Waals surface area contributed by atoms with Gasteiger partial charge in [-0.25, -0.2) is 9.97 Å². The fourth-order valence-electron chi connectivity index (χ4n) is 3.19. The summed E-state index contributed by atoms with van der Waals surface area (Å²) in [6, 6.07) is 10.3. The van der Waals surface area contributed by atoms with Gasteiger partial charge < -0.3 is 4.98 Å². The van der Waals surface area contributed by atoms with Gasteiger partial charge >= 0.3 is 0 Å². The van der Waals surface area contributed by atoms with Crippen molar-refractivity contribution in [3.8, 4) is 11.4 Å². The van der Waals surface area contributed by atoms with E-state index < -0.39 is 0 Å². The molecule has 0 saturated carbocycles. The van der Waals surface area contributed by atoms with Crippen LogP contribution in [0.1, 0.15) is 5.69 Å². The number of piperazine rings is 1. The molecule has 1 aliphatic heterocycles. The first-order chi connectivity index (χ1) is 12.4. The van der Waals surface area contributed by atoms with Gasteiger partial charge in [0.15, 0.2) is 0 Å². The Morgan fingerprint density at radius 2 is 1.76 bits per heavy atom. The highest BCUT2D eigenvalue weighted by molar-refractivity contribution is 5.54. The number of nitrogens with zero attached hydrogens (tertiary/aromatic N) is 6. The first-order valence-corrected chi connectivity index (χ1v) is 8.73. The molecule has 0 radical (unpaired) electrons. The van der Waals surface area contributed by atoms with Crippen LogP contribution in [0.2, 0.25) is 0 Å². The van der Waals surface area contributed by atoms with E-state index in [0.29, 0.717) is 0 Å². The van der Waals surface area contributed by atoms with Gasteiger partial charge in [-0.2, -0.15) is 5.10 Å². The SMILES string of the molecule is c1ccc(-c2ncc(CN3CCN(CCn4cncn4)CC3)[nH]2)cc1. The highest BCUT2D eigenvalue weighted by Crippen LogP contribution is 2.16. The van der Waals surface area contributed by atoms with E-state index in [1.54, 1.807) is 12.7 Å². The lowest BCUT2D eigenvalue weighted by Gasteiger charge is -2.34. The molecule has 1 fully saturated rings. The van der Waals surface area contributed by atoms with Gasteiger partial charge in [-0.1, -0.05) is 30.3 Å². The van der Waals surface area contributed by atoms with Gasteiger partial charge in [-0.3, -0.25) is 14.5 Å². The summed E-state index contributed by atoms with van der Waals surface area (Å²) in [5.41, 5.74) is 2.31. The van der Waals surface area contributed by atoms with Gasteiger partial charge in [0, 0.05) is 56.7 Å². The predicted molar refractivity (Wildman–Crippen MR) is 95.8 cm³/mol. The monoisotopic (exact) mass is 337 g/mol. The van der Waals surface area contributed by atoms with Crippen molar-refractivity contribution in [1.82, 2.24) is 34.5 Å². The number of benzene rings is 1. The molecule has 130 valence electrons. The number of hydrogen-bond donors (Lipinski definition) is 1. The molecule has 1 aromatic carbocycles. The molecular formula is C18H23N7. The Balaban J connectivity index is 1.25. The van der Waals surface area contributed by atoms with Crippen LogP contribution in [0.15, 0.2) is 49.2 Å². The van der Waals surface area contributed by atoms with E-state index >= 15 is 0 Å². The number of H-pyrrole nitrogens is 1. The Labute approximate surface area is 147 Å². The van der Waals surface area contributed by atoms with E-state index in [4.69, 9.17) is 0 Å². The van der Waals surface area contributed by atoms with Crippen molar-refractivity contribution in [3.63, 3.8) is 0 Å². The summed E-state index contributed by atoms with van der Waals surface area (Å²) in [5.74, 6) is 0.946. The molecule has 0 unspecified atom stereocenters. The smallest absolute Gasteiger partial charge is 0.137 e. The highest BCUT2D eigenvalue weighted by Gasteiger charge is 2.17. The molecule has 1 N–H and O–H groups in total. The van der Waals surface area contributed by atoms with Gasteiger partial charge in [-0.15, -0.1) is 0 Å². The third-order valence-corrected chi connectivity index (χ3v) is 4.65. The minimum Gasteiger partial charge on any atom is -0.341 e. The molecule has 7 heteroatoms. The maximum Gasteiger partial charge on any atom is 0.137 e. The lowest BCUT2D eigenvalue weighted by atomic mass is 10.2. The second-order valence-corrected chi connectivity index (χ2v) is 6.40. The van der Waals surface area contributed by atoms with Crippen molar-refractivity contribution >= 4 is 0 Å². The van der Waals surface area contributed by atoms with Crippen LogP contribution in [0.5, 0.6) is 0 Å². The van der Waals surface area contributed by atoms with Gasteiger partial charge in [-0.05, 0) is 0 Å². The van der Waals surface area contributed by atoms with Crippen molar-refractivity contribution in [1.29, 1.82) is 0 Å². The average molecular weight is 337 g/mol. The molecule has 0 amide bonds. The molecule has 0 atom stereocenters. The summed E-state index contributed by atoms with van der Waals surface area (Å²) in [5, 5.41) is 4.16. The fourth-order valence-corrected chi connectivity index (χ4v) is 3.19. The van der Waals surface area contributed by atoms with Crippen molar-refractivity contribution in [3.05, 3.63) is 54.9 Å². The zero-order valence-electron chi connectivity index (χ0n) is 14.3. The number of hydrogen-bond acceptors (Lipinski definition) is 5. The molecular weight excluding hydrogens is 314 g/mol. The van der Waals surface area contributed by atoms with Gasteiger partial charge in [0.05, 0.1) is 6.54 Å². The van der Waals surface area contributed by atoms with Crippen LogP contribution in [0.25, 0.3) is 11.4 Å². The number of aromatic nitrogens is 5. The highest BCUT2D eigenvalue weighted by atomic mass is 15.3. The molecule has 1 aliphatic rings. The molecule has 3 aromatic rings. The molecule has 1 saturated heterocycles. The lowest BCUT2D eigenvalue weighted by Crippen LogP contribution is -2.46. The van der Waals surface area contributed by atoms with Crippen molar-refractivity contribution in [2.24, 2.45) is 0 Å². The zero-order valence-corrected chi connectivity index (χ0v) is 14.3. The van der Waals surface area contributed by atoms with Crippen LogP contribution >= 0.6 is 0 Å². The largest absolute Gasteiger partial charge is 0.341 e. The second kappa shape index (κ2) is 7.58. The first-order valence-electron chi connectivity index (χ1n) is 8.73. The molecule has 3 heterocycles. The summed E-state index contributed by atoms with van der Waals surface area (Å²) < 4.78 is 1.89. The first kappa shape index (κ1) is 16.0. The van der Waals surface area contributed by atoms with E-state index in [1.165, 1.54) is 5.69 Å². The molecule has 4 rings (SSSR count). The Kier molecular flexibility index (Phi) is 4.85. The van der Waals surface area contributed by atoms with E-state index in [-0.39, 0.29) is 0 Å². The summed E-state index contributed by atoms with van der Waals surface area (Å²) in [4.78, 5) is 16.9. The quantitative estimate of drug-likeness (QED) is 0.738. The van der Waals surface area contributed by atoms with E-state index in [0.717, 1.165) is 57.2 Å². The Morgan fingerprint density at radius 3 is 2.52 bits per heavy atom. The summed E-state index contributed by atoms with van der Waals surface area (Å²) in [7, 11) is 0. The number of imidazole rings is 1. The van der Waals surface area contributed by atoms with Gasteiger partial charge in [0.25, 0.3) is 0 Å². The molecule has 7 nitrogen and oxygen atoms in total. The van der Waals surface area contributed by atoms with Crippen LogP contribution in [-0.2, 0) is 13.1 Å². The van der Waals surface area contributed by atoms with Crippen molar-refractivity contribution in [2.45, 2.75) is 13.1 Å². The third kappa shape index (κ3) is 4.12. The van der Waals surface area contributed by atoms with Crippen LogP contribution in [0.4, 0.5) is 0 Å². The van der Waals surface area contributed by atoms with Crippen LogP contribution in [0.3, 0.4) is 0 Å². The topological polar surface area (TPSA) is 65.9 Å². The van der Waals surface area contributed by atoms with E-state index in [2.05, 4.69) is 42.0 Å². The zero-order chi connectivity index (χ0) is 16.9. The third-order valence-electron chi connectivity index (χ3n) is 4.65. The van der Waals surface area contributed by atoms with Gasteiger partial charge in [0.2, 0.25) is 0 Å². The normalized spacial score (nSPS) is 16.3. The van der Waals surface area contributed by atoms with E-state index in [1.807, 2.05) is 29.1 Å². The molecule has 0 bridgehead atoms. The van der Waals surface area contributed by atoms with Crippen LogP contribution in [-0.4, -0.2) is 67.3 Å². The average Bonchev–Trinajstić information content (AvgIpc) is 3.34. The van der Waals surface area contributed by atoms with Crippen molar-refractivity contribution < 1.29 is 0 Å².